The van der Waals surface area contributed by atoms with Crippen LogP contribution in [0.3, 0.4) is 0 Å². The topological polar surface area (TPSA) is 73.9 Å². The van der Waals surface area contributed by atoms with Crippen LogP contribution in [-0.4, -0.2) is 31.7 Å². The predicted octanol–water partition coefficient (Wildman–Crippen LogP) is 3.28. The van der Waals surface area contributed by atoms with Gasteiger partial charge in [-0.3, -0.25) is 4.79 Å². The molecule has 1 amide bonds. The lowest BCUT2D eigenvalue weighted by molar-refractivity contribution is -0.122. The summed E-state index contributed by atoms with van der Waals surface area (Å²) in [7, 11) is 1.58. The largest absolute Gasteiger partial charge is 0.497 e. The van der Waals surface area contributed by atoms with Crippen LogP contribution in [0.15, 0.2) is 48.5 Å². The normalized spacial score (nSPS) is 11.3. The minimum Gasteiger partial charge on any atom is -0.497 e. The Balaban J connectivity index is 1.98. The van der Waals surface area contributed by atoms with Gasteiger partial charge < -0.3 is 19.5 Å². The van der Waals surface area contributed by atoms with Crippen molar-refractivity contribution in [3.8, 4) is 11.5 Å². The Morgan fingerprint density at radius 3 is 2.40 bits per heavy atom. The summed E-state index contributed by atoms with van der Waals surface area (Å²) in [5.41, 5.74) is 0.879. The highest BCUT2D eigenvalue weighted by Crippen LogP contribution is 2.19. The Morgan fingerprint density at radius 2 is 1.76 bits per heavy atom. The first kappa shape index (κ1) is 18.3. The van der Waals surface area contributed by atoms with Gasteiger partial charge in [0.15, 0.2) is 6.10 Å². The minimum absolute atomic E-state index is 0.294. The number of hydrogen-bond acceptors (Lipinski definition) is 5. The third-order valence-corrected chi connectivity index (χ3v) is 3.38. The first-order chi connectivity index (χ1) is 12.0. The Morgan fingerprint density at radius 1 is 1.08 bits per heavy atom. The third-order valence-electron chi connectivity index (χ3n) is 3.38. The average molecular weight is 343 g/mol. The SMILES string of the molecule is CCOC(=O)c1cccc(NC(=O)[C@@H](C)Oc2ccc(OC)cc2)c1. The van der Waals surface area contributed by atoms with E-state index in [1.54, 1.807) is 69.5 Å². The van der Waals surface area contributed by atoms with Crippen LogP contribution in [0.5, 0.6) is 11.5 Å². The van der Waals surface area contributed by atoms with Crippen molar-refractivity contribution in [3.63, 3.8) is 0 Å². The zero-order valence-corrected chi connectivity index (χ0v) is 14.4. The summed E-state index contributed by atoms with van der Waals surface area (Å²) in [5.74, 6) is 0.516. The molecule has 2 rings (SSSR count). The van der Waals surface area contributed by atoms with Crippen LogP contribution in [0.2, 0.25) is 0 Å². The summed E-state index contributed by atoms with van der Waals surface area (Å²) >= 11 is 0. The van der Waals surface area contributed by atoms with E-state index in [4.69, 9.17) is 14.2 Å². The fourth-order valence-corrected chi connectivity index (χ4v) is 2.09. The zero-order valence-electron chi connectivity index (χ0n) is 14.4. The number of carbonyl (C=O) groups is 2. The minimum atomic E-state index is -0.709. The van der Waals surface area contributed by atoms with E-state index in [1.165, 1.54) is 0 Å². The molecule has 1 N–H and O–H groups in total. The number of nitrogens with one attached hydrogen (secondary N) is 1. The molecule has 0 spiro atoms. The molecule has 0 unspecified atom stereocenters. The van der Waals surface area contributed by atoms with Crippen molar-refractivity contribution in [1.29, 1.82) is 0 Å². The Hall–Kier alpha value is -3.02. The highest BCUT2D eigenvalue weighted by molar-refractivity contribution is 5.96. The molecule has 2 aromatic carbocycles. The number of ether oxygens (including phenoxy) is 3. The molecular weight excluding hydrogens is 322 g/mol. The molecule has 0 aromatic heterocycles. The molecule has 2 aromatic rings. The van der Waals surface area contributed by atoms with E-state index >= 15 is 0 Å². The van der Waals surface area contributed by atoms with E-state index in [2.05, 4.69) is 5.32 Å². The Bertz CT molecular complexity index is 727. The molecule has 0 saturated carbocycles. The van der Waals surface area contributed by atoms with Gasteiger partial charge in [0.1, 0.15) is 11.5 Å². The zero-order chi connectivity index (χ0) is 18.2. The van der Waals surface area contributed by atoms with Crippen LogP contribution in [0.4, 0.5) is 5.69 Å². The lowest BCUT2D eigenvalue weighted by Gasteiger charge is -2.15. The number of esters is 1. The number of rotatable bonds is 7. The molecule has 25 heavy (non-hydrogen) atoms. The van der Waals surface area contributed by atoms with Crippen molar-refractivity contribution in [3.05, 3.63) is 54.1 Å². The lowest BCUT2D eigenvalue weighted by Crippen LogP contribution is -2.30. The molecule has 0 fully saturated rings. The van der Waals surface area contributed by atoms with Crippen molar-refractivity contribution < 1.29 is 23.8 Å². The quantitative estimate of drug-likeness (QED) is 0.781. The number of benzene rings is 2. The Labute approximate surface area is 146 Å². The summed E-state index contributed by atoms with van der Waals surface area (Å²) in [5, 5.41) is 2.73. The standard InChI is InChI=1S/C19H21NO5/c1-4-24-19(22)14-6-5-7-15(12-14)20-18(21)13(2)25-17-10-8-16(23-3)9-11-17/h5-13H,4H2,1-3H3,(H,20,21)/t13-/m1/s1. The molecule has 0 aliphatic rings. The fourth-order valence-electron chi connectivity index (χ4n) is 2.09. The van der Waals surface area contributed by atoms with Crippen molar-refractivity contribution in [1.82, 2.24) is 0 Å². The first-order valence-electron chi connectivity index (χ1n) is 7.92. The van der Waals surface area contributed by atoms with E-state index in [-0.39, 0.29) is 5.91 Å². The molecule has 0 saturated heterocycles. The molecule has 1 atom stereocenters. The molecule has 0 bridgehead atoms. The van der Waals surface area contributed by atoms with Crippen LogP contribution in [0, 0.1) is 0 Å². The van der Waals surface area contributed by atoms with Gasteiger partial charge in [-0.15, -0.1) is 0 Å². The molecular formula is C19H21NO5. The second-order valence-corrected chi connectivity index (χ2v) is 5.23. The maximum absolute atomic E-state index is 12.3. The molecule has 0 aliphatic carbocycles. The van der Waals surface area contributed by atoms with Crippen LogP contribution < -0.4 is 14.8 Å². The number of methoxy groups -OCH3 is 1. The van der Waals surface area contributed by atoms with E-state index in [1.807, 2.05) is 0 Å². The van der Waals surface area contributed by atoms with Gasteiger partial charge >= 0.3 is 5.97 Å². The molecule has 6 heteroatoms. The van der Waals surface area contributed by atoms with E-state index in [0.717, 1.165) is 0 Å². The number of hydrogen-bond donors (Lipinski definition) is 1. The maximum atomic E-state index is 12.3. The van der Waals surface area contributed by atoms with Crippen LogP contribution in [-0.2, 0) is 9.53 Å². The van der Waals surface area contributed by atoms with Crippen molar-refractivity contribution in [2.24, 2.45) is 0 Å². The Kier molecular flexibility index (Phi) is 6.39. The molecule has 132 valence electrons. The second kappa shape index (κ2) is 8.73. The van der Waals surface area contributed by atoms with Crippen LogP contribution in [0.1, 0.15) is 24.2 Å². The average Bonchev–Trinajstić information content (AvgIpc) is 2.62. The maximum Gasteiger partial charge on any atom is 0.338 e. The predicted molar refractivity (Wildman–Crippen MR) is 94.1 cm³/mol. The molecule has 6 nitrogen and oxygen atoms in total. The highest BCUT2D eigenvalue weighted by Gasteiger charge is 2.16. The van der Waals surface area contributed by atoms with Gasteiger partial charge in [-0.1, -0.05) is 6.07 Å². The smallest absolute Gasteiger partial charge is 0.338 e. The monoisotopic (exact) mass is 343 g/mol. The summed E-state index contributed by atoms with van der Waals surface area (Å²) in [4.78, 5) is 24.0. The van der Waals surface area contributed by atoms with Gasteiger partial charge in [0.05, 0.1) is 19.3 Å². The second-order valence-electron chi connectivity index (χ2n) is 5.23. The lowest BCUT2D eigenvalue weighted by atomic mass is 10.2. The fraction of sp³-hybridized carbons (Fsp3) is 0.263. The van der Waals surface area contributed by atoms with Crippen molar-refractivity contribution >= 4 is 17.6 Å². The van der Waals surface area contributed by atoms with Gasteiger partial charge in [0.25, 0.3) is 5.91 Å². The number of carbonyl (C=O) groups excluding carboxylic acids is 2. The number of amides is 1. The summed E-state index contributed by atoms with van der Waals surface area (Å²) in [6.07, 6.45) is -0.709. The molecule has 0 radical (unpaired) electrons. The third kappa shape index (κ3) is 5.24. The van der Waals surface area contributed by atoms with Crippen LogP contribution in [0.25, 0.3) is 0 Å². The van der Waals surface area contributed by atoms with Gasteiger partial charge in [0, 0.05) is 5.69 Å². The molecule has 0 aliphatic heterocycles. The van der Waals surface area contributed by atoms with Crippen LogP contribution >= 0.6 is 0 Å². The van der Waals surface area contributed by atoms with E-state index in [9.17, 15) is 9.59 Å². The van der Waals surface area contributed by atoms with Crippen molar-refractivity contribution in [2.75, 3.05) is 19.0 Å². The first-order valence-corrected chi connectivity index (χ1v) is 7.92. The van der Waals surface area contributed by atoms with Gasteiger partial charge in [0.2, 0.25) is 0 Å². The summed E-state index contributed by atoms with van der Waals surface area (Å²) in [6.45, 7) is 3.68. The van der Waals surface area contributed by atoms with Gasteiger partial charge in [-0.25, -0.2) is 4.79 Å². The number of anilines is 1. The van der Waals surface area contributed by atoms with Gasteiger partial charge in [-0.05, 0) is 56.3 Å². The van der Waals surface area contributed by atoms with E-state index in [0.29, 0.717) is 29.4 Å². The highest BCUT2D eigenvalue weighted by atomic mass is 16.5. The summed E-state index contributed by atoms with van der Waals surface area (Å²) < 4.78 is 15.6. The molecule has 0 heterocycles. The summed E-state index contributed by atoms with van der Waals surface area (Å²) in [6, 6.07) is 13.5. The van der Waals surface area contributed by atoms with Gasteiger partial charge in [-0.2, -0.15) is 0 Å². The van der Waals surface area contributed by atoms with Crippen molar-refractivity contribution in [2.45, 2.75) is 20.0 Å². The van der Waals surface area contributed by atoms with E-state index < -0.39 is 12.1 Å².